The smallest absolute Gasteiger partial charge is 0.269 e. The molecule has 2 amide bonds. The van der Waals surface area contributed by atoms with Gasteiger partial charge in [-0.05, 0) is 55.2 Å². The summed E-state index contributed by atoms with van der Waals surface area (Å²) in [4.78, 5) is 39.8. The van der Waals surface area contributed by atoms with Crippen LogP contribution in [0.4, 0.5) is 5.69 Å². The molecule has 0 unspecified atom stereocenters. The minimum Gasteiger partial charge on any atom is -0.353 e. The van der Waals surface area contributed by atoms with Gasteiger partial charge in [0.1, 0.15) is 6.54 Å². The number of nitro groups is 1. The first-order valence-corrected chi connectivity index (χ1v) is 11.0. The quantitative estimate of drug-likeness (QED) is 0.303. The predicted octanol–water partition coefficient (Wildman–Crippen LogP) is 3.77. The van der Waals surface area contributed by atoms with Crippen LogP contribution in [-0.2, 0) is 23.2 Å². The Labute approximate surface area is 188 Å². The Kier molecular flexibility index (Phi) is 7.81. The molecular weight excluding hydrogens is 408 g/mol. The summed E-state index contributed by atoms with van der Waals surface area (Å²) in [5, 5.41) is 10.8. The summed E-state index contributed by atoms with van der Waals surface area (Å²) in [7, 11) is 1.96. The van der Waals surface area contributed by atoms with Crippen molar-refractivity contribution in [1.29, 1.82) is 0 Å². The molecule has 0 radical (unpaired) electrons. The lowest BCUT2D eigenvalue weighted by molar-refractivity contribution is -0.384. The molecule has 1 heterocycles. The summed E-state index contributed by atoms with van der Waals surface area (Å²) in [5.41, 5.74) is 1.76. The zero-order valence-corrected chi connectivity index (χ0v) is 18.6. The zero-order chi connectivity index (χ0) is 23.1. The van der Waals surface area contributed by atoms with Crippen LogP contribution in [0.15, 0.2) is 48.7 Å². The van der Waals surface area contributed by atoms with Crippen molar-refractivity contribution in [2.24, 2.45) is 7.05 Å². The van der Waals surface area contributed by atoms with Crippen LogP contribution in [0.3, 0.4) is 0 Å². The molecule has 32 heavy (non-hydrogen) atoms. The topological polar surface area (TPSA) is 88.7 Å². The number of nitro benzene ring substituents is 1. The van der Waals surface area contributed by atoms with Gasteiger partial charge < -0.3 is 14.4 Å². The molecule has 0 N–H and O–H groups in total. The molecule has 170 valence electrons. The average molecular weight is 439 g/mol. The van der Waals surface area contributed by atoms with Crippen molar-refractivity contribution < 1.29 is 14.5 Å². The molecular formula is C24H30N4O4. The third-order valence-electron chi connectivity index (χ3n) is 5.63. The first kappa shape index (κ1) is 23.2. The van der Waals surface area contributed by atoms with Gasteiger partial charge in [0, 0.05) is 49.7 Å². The summed E-state index contributed by atoms with van der Waals surface area (Å²) in [6, 6.07) is 10.2. The minimum absolute atomic E-state index is 0.00188. The Bertz CT molecular complexity index is 976. The van der Waals surface area contributed by atoms with Crippen molar-refractivity contribution in [2.75, 3.05) is 13.1 Å². The Morgan fingerprint density at radius 1 is 1.22 bits per heavy atom. The molecule has 0 spiro atoms. The van der Waals surface area contributed by atoms with E-state index in [0.717, 1.165) is 31.4 Å². The van der Waals surface area contributed by atoms with Crippen molar-refractivity contribution in [3.8, 4) is 0 Å². The molecule has 0 aliphatic heterocycles. The van der Waals surface area contributed by atoms with E-state index in [1.807, 2.05) is 41.8 Å². The van der Waals surface area contributed by atoms with Crippen LogP contribution < -0.4 is 0 Å². The Balaban J connectivity index is 1.67. The molecule has 8 heteroatoms. The fourth-order valence-corrected chi connectivity index (χ4v) is 3.49. The molecule has 0 bridgehead atoms. The summed E-state index contributed by atoms with van der Waals surface area (Å²) in [5.74, 6) is -0.276. The first-order chi connectivity index (χ1) is 15.4. The van der Waals surface area contributed by atoms with Crippen LogP contribution in [0, 0.1) is 10.1 Å². The molecule has 1 aliphatic carbocycles. The molecule has 1 fully saturated rings. The maximum Gasteiger partial charge on any atom is 0.269 e. The van der Waals surface area contributed by atoms with Crippen LogP contribution in [0.25, 0.3) is 6.08 Å². The third kappa shape index (κ3) is 6.29. The maximum atomic E-state index is 13.2. The number of carbonyl (C=O) groups is 2. The van der Waals surface area contributed by atoms with Gasteiger partial charge in [-0.2, -0.15) is 0 Å². The fourth-order valence-electron chi connectivity index (χ4n) is 3.49. The minimum atomic E-state index is -0.461. The highest BCUT2D eigenvalue weighted by molar-refractivity contribution is 5.94. The van der Waals surface area contributed by atoms with E-state index in [2.05, 4.69) is 0 Å². The van der Waals surface area contributed by atoms with Gasteiger partial charge in [0.15, 0.2) is 0 Å². The largest absolute Gasteiger partial charge is 0.353 e. The lowest BCUT2D eigenvalue weighted by atomic mass is 10.2. The van der Waals surface area contributed by atoms with Gasteiger partial charge in [0.2, 0.25) is 11.8 Å². The predicted molar refractivity (Wildman–Crippen MR) is 123 cm³/mol. The monoisotopic (exact) mass is 438 g/mol. The number of benzene rings is 1. The van der Waals surface area contributed by atoms with E-state index in [-0.39, 0.29) is 30.1 Å². The van der Waals surface area contributed by atoms with Gasteiger partial charge in [0.05, 0.1) is 11.5 Å². The number of nitrogens with zero attached hydrogens (tertiary/aromatic N) is 4. The molecule has 1 aromatic heterocycles. The Morgan fingerprint density at radius 3 is 2.50 bits per heavy atom. The number of aromatic nitrogens is 1. The number of unbranched alkanes of at least 4 members (excludes halogenated alkanes) is 1. The van der Waals surface area contributed by atoms with Crippen LogP contribution in [0.2, 0.25) is 0 Å². The van der Waals surface area contributed by atoms with Gasteiger partial charge in [-0.15, -0.1) is 0 Å². The third-order valence-corrected chi connectivity index (χ3v) is 5.63. The van der Waals surface area contributed by atoms with Crippen molar-refractivity contribution in [1.82, 2.24) is 14.4 Å². The maximum absolute atomic E-state index is 13.2. The number of rotatable bonds is 11. The van der Waals surface area contributed by atoms with Crippen LogP contribution in [0.5, 0.6) is 0 Å². The van der Waals surface area contributed by atoms with Crippen LogP contribution in [0.1, 0.15) is 43.9 Å². The fraction of sp³-hybridized carbons (Fsp3) is 0.417. The van der Waals surface area contributed by atoms with E-state index in [0.29, 0.717) is 18.7 Å². The van der Waals surface area contributed by atoms with Gasteiger partial charge >= 0.3 is 0 Å². The molecule has 3 rings (SSSR count). The highest BCUT2D eigenvalue weighted by atomic mass is 16.6. The molecule has 0 saturated heterocycles. The highest BCUT2D eigenvalue weighted by Gasteiger charge is 2.33. The first-order valence-electron chi connectivity index (χ1n) is 11.0. The Hall–Kier alpha value is -3.42. The lowest BCUT2D eigenvalue weighted by Crippen LogP contribution is -2.43. The number of hydrogen-bond acceptors (Lipinski definition) is 4. The summed E-state index contributed by atoms with van der Waals surface area (Å²) in [6.07, 6.45) is 8.75. The van der Waals surface area contributed by atoms with E-state index in [9.17, 15) is 19.7 Å². The molecule has 1 aromatic carbocycles. The normalized spacial score (nSPS) is 13.3. The van der Waals surface area contributed by atoms with E-state index in [4.69, 9.17) is 0 Å². The second-order valence-electron chi connectivity index (χ2n) is 8.16. The molecule has 8 nitrogen and oxygen atoms in total. The van der Waals surface area contributed by atoms with Gasteiger partial charge in [0.25, 0.3) is 5.69 Å². The van der Waals surface area contributed by atoms with E-state index < -0.39 is 4.92 Å². The standard InChI is InChI=1S/C24H30N4O4/c1-3-4-16-26(23(29)14-9-19-7-10-21(11-8-19)28(31)32)18-24(30)27(20-12-13-20)17-22-6-5-15-25(22)2/h5-11,14-15,20H,3-4,12-13,16-18H2,1-2H3. The van der Waals surface area contributed by atoms with Crippen molar-refractivity contribution >= 4 is 23.6 Å². The zero-order valence-electron chi connectivity index (χ0n) is 18.6. The van der Waals surface area contributed by atoms with Crippen molar-refractivity contribution in [3.05, 3.63) is 70.0 Å². The van der Waals surface area contributed by atoms with Crippen molar-refractivity contribution in [2.45, 2.75) is 45.2 Å². The van der Waals surface area contributed by atoms with Crippen molar-refractivity contribution in [3.63, 3.8) is 0 Å². The lowest BCUT2D eigenvalue weighted by Gasteiger charge is -2.27. The van der Waals surface area contributed by atoms with E-state index in [1.54, 1.807) is 23.1 Å². The number of hydrogen-bond donors (Lipinski definition) is 0. The van der Waals surface area contributed by atoms with E-state index >= 15 is 0 Å². The van der Waals surface area contributed by atoms with Crippen LogP contribution >= 0.6 is 0 Å². The number of non-ortho nitro benzene ring substituents is 1. The number of amides is 2. The second-order valence-corrected chi connectivity index (χ2v) is 8.16. The molecule has 0 atom stereocenters. The number of aryl methyl sites for hydroxylation is 1. The summed E-state index contributed by atoms with van der Waals surface area (Å²) in [6.45, 7) is 3.14. The Morgan fingerprint density at radius 2 is 1.94 bits per heavy atom. The molecule has 2 aromatic rings. The average Bonchev–Trinajstić information content (AvgIpc) is 3.54. The number of carbonyl (C=O) groups excluding carboxylic acids is 2. The summed E-state index contributed by atoms with van der Waals surface area (Å²) >= 11 is 0. The second kappa shape index (κ2) is 10.7. The summed E-state index contributed by atoms with van der Waals surface area (Å²) < 4.78 is 2.01. The van der Waals surface area contributed by atoms with Gasteiger partial charge in [-0.25, -0.2) is 0 Å². The van der Waals surface area contributed by atoms with Crippen LogP contribution in [-0.4, -0.2) is 50.2 Å². The van der Waals surface area contributed by atoms with Gasteiger partial charge in [-0.1, -0.05) is 13.3 Å². The molecule has 1 saturated carbocycles. The SMILES string of the molecule is CCCCN(CC(=O)N(Cc1cccn1C)C1CC1)C(=O)C=Cc1ccc([N+](=O)[O-])cc1. The van der Waals surface area contributed by atoms with E-state index in [1.165, 1.54) is 18.2 Å². The molecule has 1 aliphatic rings. The van der Waals surface area contributed by atoms with Gasteiger partial charge in [-0.3, -0.25) is 19.7 Å². The highest BCUT2D eigenvalue weighted by Crippen LogP contribution is 2.28.